The van der Waals surface area contributed by atoms with Gasteiger partial charge < -0.3 is 0 Å². The summed E-state index contributed by atoms with van der Waals surface area (Å²) in [6, 6.07) is 7.80. The third-order valence-electron chi connectivity index (χ3n) is 5.28. The van der Waals surface area contributed by atoms with Gasteiger partial charge in [0.15, 0.2) is 0 Å². The Hall–Kier alpha value is -2.38. The summed E-state index contributed by atoms with van der Waals surface area (Å²) >= 11 is 6.10. The molecule has 27 heavy (non-hydrogen) atoms. The Bertz CT molecular complexity index is 882. The van der Waals surface area contributed by atoms with Crippen LogP contribution in [-0.4, -0.2) is 50.1 Å². The maximum absolute atomic E-state index is 13.0. The van der Waals surface area contributed by atoms with Gasteiger partial charge in [-0.2, -0.15) is 5.10 Å². The Balaban J connectivity index is 1.56. The average molecular weight is 388 g/mol. The maximum Gasteiger partial charge on any atom is 0.276 e. The fraction of sp³-hybridized carbons (Fsp3) is 0.421. The van der Waals surface area contributed by atoms with E-state index in [0.717, 1.165) is 31.5 Å². The standard InChI is InChI=1S/C19H22ClN5O2/c1-23-12-15(10-21-23)18(27)25-19(9-17(26)22-25)6-3-7-24(13-19)11-14-4-2-5-16(20)8-14/h2,4-5,8,10,12H,3,6-7,9,11,13H2,1H3,(H,22,26). The quantitative estimate of drug-likeness (QED) is 0.874. The van der Waals surface area contributed by atoms with Crippen LogP contribution in [-0.2, 0) is 18.4 Å². The van der Waals surface area contributed by atoms with Gasteiger partial charge in [-0.25, -0.2) is 5.01 Å². The second kappa shape index (κ2) is 6.98. The summed E-state index contributed by atoms with van der Waals surface area (Å²) in [6.07, 6.45) is 5.25. The van der Waals surface area contributed by atoms with Gasteiger partial charge in [-0.05, 0) is 37.1 Å². The molecule has 2 aliphatic heterocycles. The summed E-state index contributed by atoms with van der Waals surface area (Å²) in [7, 11) is 1.77. The summed E-state index contributed by atoms with van der Waals surface area (Å²) < 4.78 is 1.59. The van der Waals surface area contributed by atoms with Gasteiger partial charge >= 0.3 is 0 Å². The second-order valence-electron chi connectivity index (χ2n) is 7.42. The molecule has 7 nitrogen and oxygen atoms in total. The minimum Gasteiger partial charge on any atom is -0.297 e. The molecular formula is C19H22ClN5O2. The third kappa shape index (κ3) is 3.57. The van der Waals surface area contributed by atoms with Crippen LogP contribution in [0, 0.1) is 0 Å². The van der Waals surface area contributed by atoms with E-state index in [2.05, 4.69) is 15.4 Å². The Labute approximate surface area is 162 Å². The molecule has 1 aromatic carbocycles. The van der Waals surface area contributed by atoms with Crippen LogP contribution in [0.15, 0.2) is 36.7 Å². The number of aryl methyl sites for hydroxylation is 1. The molecule has 3 heterocycles. The molecule has 1 atom stereocenters. The zero-order valence-electron chi connectivity index (χ0n) is 15.2. The predicted molar refractivity (Wildman–Crippen MR) is 101 cm³/mol. The minimum atomic E-state index is -0.527. The molecule has 0 radical (unpaired) electrons. The summed E-state index contributed by atoms with van der Waals surface area (Å²) in [6.45, 7) is 2.31. The Kier molecular flexibility index (Phi) is 4.65. The van der Waals surface area contributed by atoms with E-state index in [-0.39, 0.29) is 11.8 Å². The van der Waals surface area contributed by atoms with Crippen LogP contribution in [0.4, 0.5) is 0 Å². The summed E-state index contributed by atoms with van der Waals surface area (Å²) in [4.78, 5) is 27.5. The lowest BCUT2D eigenvalue weighted by atomic mass is 9.85. The highest BCUT2D eigenvalue weighted by atomic mass is 35.5. The number of likely N-dealkylation sites (tertiary alicyclic amines) is 1. The number of rotatable bonds is 3. The zero-order valence-corrected chi connectivity index (χ0v) is 15.9. The molecule has 2 aliphatic rings. The molecule has 2 fully saturated rings. The van der Waals surface area contributed by atoms with Gasteiger partial charge in [-0.3, -0.25) is 24.6 Å². The smallest absolute Gasteiger partial charge is 0.276 e. The van der Waals surface area contributed by atoms with E-state index >= 15 is 0 Å². The SMILES string of the molecule is Cn1cc(C(=O)N2NC(=O)CC23CCCN(Cc2cccc(Cl)c2)C3)cn1. The van der Waals surface area contributed by atoms with Crippen LogP contribution < -0.4 is 5.43 Å². The van der Waals surface area contributed by atoms with Crippen LogP contribution in [0.2, 0.25) is 5.02 Å². The van der Waals surface area contributed by atoms with E-state index in [9.17, 15) is 9.59 Å². The number of carbonyl (C=O) groups is 2. The number of piperidine rings is 1. The fourth-order valence-corrected chi connectivity index (χ4v) is 4.36. The molecule has 1 aromatic heterocycles. The van der Waals surface area contributed by atoms with Crippen molar-refractivity contribution < 1.29 is 9.59 Å². The van der Waals surface area contributed by atoms with Crippen molar-refractivity contribution in [1.29, 1.82) is 0 Å². The molecular weight excluding hydrogens is 366 g/mol. The van der Waals surface area contributed by atoms with Crippen molar-refractivity contribution in [2.75, 3.05) is 13.1 Å². The van der Waals surface area contributed by atoms with E-state index in [1.165, 1.54) is 11.2 Å². The van der Waals surface area contributed by atoms with Crippen LogP contribution in [0.1, 0.15) is 35.2 Å². The van der Waals surface area contributed by atoms with Gasteiger partial charge in [0.05, 0.1) is 23.7 Å². The van der Waals surface area contributed by atoms with E-state index in [1.807, 2.05) is 24.3 Å². The molecule has 2 amide bonds. The van der Waals surface area contributed by atoms with E-state index in [0.29, 0.717) is 23.6 Å². The van der Waals surface area contributed by atoms with E-state index in [4.69, 9.17) is 11.6 Å². The van der Waals surface area contributed by atoms with Gasteiger partial charge in [0.25, 0.3) is 5.91 Å². The number of hydrogen-bond acceptors (Lipinski definition) is 4. The van der Waals surface area contributed by atoms with Crippen LogP contribution >= 0.6 is 11.6 Å². The predicted octanol–water partition coefficient (Wildman–Crippen LogP) is 1.99. The van der Waals surface area contributed by atoms with Gasteiger partial charge in [0.2, 0.25) is 5.91 Å². The van der Waals surface area contributed by atoms with Crippen molar-refractivity contribution in [3.63, 3.8) is 0 Å². The van der Waals surface area contributed by atoms with Gasteiger partial charge in [0.1, 0.15) is 0 Å². The minimum absolute atomic E-state index is 0.114. The lowest BCUT2D eigenvalue weighted by Gasteiger charge is -2.44. The monoisotopic (exact) mass is 387 g/mol. The molecule has 2 aromatic rings. The molecule has 4 rings (SSSR count). The Morgan fingerprint density at radius 1 is 1.41 bits per heavy atom. The lowest BCUT2D eigenvalue weighted by molar-refractivity contribution is -0.120. The Morgan fingerprint density at radius 2 is 2.26 bits per heavy atom. The highest BCUT2D eigenvalue weighted by molar-refractivity contribution is 6.30. The van der Waals surface area contributed by atoms with Crippen molar-refractivity contribution in [2.45, 2.75) is 31.3 Å². The highest BCUT2D eigenvalue weighted by Crippen LogP contribution is 2.35. The maximum atomic E-state index is 13.0. The fourth-order valence-electron chi connectivity index (χ4n) is 4.15. The summed E-state index contributed by atoms with van der Waals surface area (Å²) in [5.41, 5.74) is 3.85. The number of benzene rings is 1. The number of nitrogens with one attached hydrogen (secondary N) is 1. The van der Waals surface area contributed by atoms with Crippen molar-refractivity contribution in [3.05, 3.63) is 52.8 Å². The first-order valence-corrected chi connectivity index (χ1v) is 9.42. The van der Waals surface area contributed by atoms with Crippen molar-refractivity contribution in [2.24, 2.45) is 7.05 Å². The number of hydrogen-bond donors (Lipinski definition) is 1. The molecule has 0 saturated carbocycles. The average Bonchev–Trinajstić information content (AvgIpc) is 3.18. The molecule has 1 spiro atoms. The number of hydrazine groups is 1. The molecule has 2 saturated heterocycles. The van der Waals surface area contributed by atoms with Gasteiger partial charge in [-0.15, -0.1) is 0 Å². The normalized spacial score (nSPS) is 23.0. The topological polar surface area (TPSA) is 70.5 Å². The van der Waals surface area contributed by atoms with Gasteiger partial charge in [-0.1, -0.05) is 23.7 Å². The highest BCUT2D eigenvalue weighted by Gasteiger charge is 2.50. The first kappa shape index (κ1) is 18.0. The van der Waals surface area contributed by atoms with Gasteiger partial charge in [0, 0.05) is 31.4 Å². The zero-order chi connectivity index (χ0) is 19.0. The summed E-state index contributed by atoms with van der Waals surface area (Å²) in [5.74, 6) is -0.324. The van der Waals surface area contributed by atoms with Crippen molar-refractivity contribution in [1.82, 2.24) is 25.1 Å². The van der Waals surface area contributed by atoms with E-state index in [1.54, 1.807) is 17.9 Å². The number of carbonyl (C=O) groups excluding carboxylic acids is 2. The molecule has 0 aliphatic carbocycles. The van der Waals surface area contributed by atoms with Crippen molar-refractivity contribution >= 4 is 23.4 Å². The Morgan fingerprint density at radius 3 is 3.00 bits per heavy atom. The third-order valence-corrected chi connectivity index (χ3v) is 5.52. The van der Waals surface area contributed by atoms with Crippen LogP contribution in [0.5, 0.6) is 0 Å². The number of nitrogens with zero attached hydrogens (tertiary/aromatic N) is 4. The molecule has 142 valence electrons. The summed E-state index contributed by atoms with van der Waals surface area (Å²) in [5, 5.41) is 6.33. The largest absolute Gasteiger partial charge is 0.297 e. The van der Waals surface area contributed by atoms with Crippen LogP contribution in [0.3, 0.4) is 0 Å². The van der Waals surface area contributed by atoms with E-state index < -0.39 is 5.54 Å². The second-order valence-corrected chi connectivity index (χ2v) is 7.86. The number of aromatic nitrogens is 2. The molecule has 0 bridgehead atoms. The molecule has 8 heteroatoms. The first-order valence-electron chi connectivity index (χ1n) is 9.05. The number of halogens is 1. The molecule has 1 N–H and O–H groups in total. The number of amides is 2. The lowest BCUT2D eigenvalue weighted by Crippen LogP contribution is -2.59. The van der Waals surface area contributed by atoms with Crippen LogP contribution in [0.25, 0.3) is 0 Å². The first-order chi connectivity index (χ1) is 12.9. The van der Waals surface area contributed by atoms with Crippen molar-refractivity contribution in [3.8, 4) is 0 Å². The molecule has 1 unspecified atom stereocenters.